The molecule has 19 heavy (non-hydrogen) atoms. The van der Waals surface area contributed by atoms with E-state index in [1.165, 1.54) is 0 Å². The highest BCUT2D eigenvalue weighted by Crippen LogP contribution is 2.20. The normalized spacial score (nSPS) is 10.2. The number of benzene rings is 1. The molecule has 0 spiro atoms. The fourth-order valence-corrected chi connectivity index (χ4v) is 1.84. The summed E-state index contributed by atoms with van der Waals surface area (Å²) < 4.78 is 0. The molecule has 0 saturated carbocycles. The molecule has 1 heterocycles. The largest absolute Gasteiger partial charge is 0.326 e. The smallest absolute Gasteiger partial charge is 0.224 e. The van der Waals surface area contributed by atoms with Crippen molar-refractivity contribution in [3.05, 3.63) is 48.8 Å². The standard InChI is InChI=1S/C16H18N2O/c1-2-3-6-16(19)18-15-9-7-13(8-10-15)14-5-4-11-17-12-14/h4-5,7-12H,2-3,6H2,1H3,(H,18,19). The number of anilines is 1. The SMILES string of the molecule is CCCCC(=O)Nc1ccc(-c2cccnc2)cc1. The van der Waals surface area contributed by atoms with Crippen LogP contribution in [0.5, 0.6) is 0 Å². The minimum Gasteiger partial charge on any atom is -0.326 e. The third kappa shape index (κ3) is 3.91. The van der Waals surface area contributed by atoms with Gasteiger partial charge in [0.1, 0.15) is 0 Å². The summed E-state index contributed by atoms with van der Waals surface area (Å²) in [6.07, 6.45) is 6.13. The molecule has 0 bridgehead atoms. The van der Waals surface area contributed by atoms with E-state index < -0.39 is 0 Å². The number of aromatic nitrogens is 1. The molecule has 98 valence electrons. The first kappa shape index (κ1) is 13.3. The predicted molar refractivity (Wildman–Crippen MR) is 77.8 cm³/mol. The maximum Gasteiger partial charge on any atom is 0.224 e. The van der Waals surface area contributed by atoms with Gasteiger partial charge in [0.25, 0.3) is 0 Å². The van der Waals surface area contributed by atoms with E-state index in [0.29, 0.717) is 6.42 Å². The van der Waals surface area contributed by atoms with Gasteiger partial charge < -0.3 is 5.32 Å². The Labute approximate surface area is 113 Å². The summed E-state index contributed by atoms with van der Waals surface area (Å²) in [6, 6.07) is 11.8. The monoisotopic (exact) mass is 254 g/mol. The highest BCUT2D eigenvalue weighted by atomic mass is 16.1. The van der Waals surface area contributed by atoms with Gasteiger partial charge in [-0.3, -0.25) is 9.78 Å². The van der Waals surface area contributed by atoms with Gasteiger partial charge in [-0.15, -0.1) is 0 Å². The van der Waals surface area contributed by atoms with Crippen LogP contribution in [0.4, 0.5) is 5.69 Å². The number of carbonyl (C=O) groups is 1. The lowest BCUT2D eigenvalue weighted by atomic mass is 10.1. The number of rotatable bonds is 5. The Hall–Kier alpha value is -2.16. The molecule has 1 aromatic carbocycles. The van der Waals surface area contributed by atoms with E-state index in [4.69, 9.17) is 0 Å². The zero-order valence-corrected chi connectivity index (χ0v) is 11.1. The lowest BCUT2D eigenvalue weighted by Crippen LogP contribution is -2.10. The Morgan fingerprint density at radius 2 is 1.95 bits per heavy atom. The minimum absolute atomic E-state index is 0.0796. The Morgan fingerprint density at radius 1 is 1.16 bits per heavy atom. The number of carbonyl (C=O) groups excluding carboxylic acids is 1. The van der Waals surface area contributed by atoms with Gasteiger partial charge in [-0.2, -0.15) is 0 Å². The maximum absolute atomic E-state index is 11.6. The number of hydrogen-bond acceptors (Lipinski definition) is 2. The highest BCUT2D eigenvalue weighted by molar-refractivity contribution is 5.90. The lowest BCUT2D eigenvalue weighted by Gasteiger charge is -2.06. The lowest BCUT2D eigenvalue weighted by molar-refractivity contribution is -0.116. The van der Waals surface area contributed by atoms with E-state index in [-0.39, 0.29) is 5.91 Å². The zero-order valence-electron chi connectivity index (χ0n) is 11.1. The molecule has 0 radical (unpaired) electrons. The van der Waals surface area contributed by atoms with Crippen molar-refractivity contribution in [1.29, 1.82) is 0 Å². The van der Waals surface area contributed by atoms with Gasteiger partial charge in [0.15, 0.2) is 0 Å². The van der Waals surface area contributed by atoms with Gasteiger partial charge in [-0.05, 0) is 35.7 Å². The van der Waals surface area contributed by atoms with Crippen molar-refractivity contribution in [3.63, 3.8) is 0 Å². The molecule has 1 aromatic heterocycles. The number of amides is 1. The average molecular weight is 254 g/mol. The molecule has 3 heteroatoms. The quantitative estimate of drug-likeness (QED) is 0.879. The first-order valence-corrected chi connectivity index (χ1v) is 6.60. The van der Waals surface area contributed by atoms with E-state index >= 15 is 0 Å². The summed E-state index contributed by atoms with van der Waals surface area (Å²) in [7, 11) is 0. The highest BCUT2D eigenvalue weighted by Gasteiger charge is 2.02. The number of nitrogens with zero attached hydrogens (tertiary/aromatic N) is 1. The molecule has 0 unspecified atom stereocenters. The van der Waals surface area contributed by atoms with Crippen molar-refractivity contribution in [2.24, 2.45) is 0 Å². The average Bonchev–Trinajstić information content (AvgIpc) is 2.47. The van der Waals surface area contributed by atoms with Gasteiger partial charge in [0, 0.05) is 24.5 Å². The second kappa shape index (κ2) is 6.69. The predicted octanol–water partition coefficient (Wildman–Crippen LogP) is 3.88. The third-order valence-corrected chi connectivity index (χ3v) is 2.92. The topological polar surface area (TPSA) is 42.0 Å². The Kier molecular flexibility index (Phi) is 4.67. The van der Waals surface area contributed by atoms with Gasteiger partial charge in [0.2, 0.25) is 5.91 Å². The molecule has 0 aliphatic rings. The van der Waals surface area contributed by atoms with Crippen LogP contribution in [0.3, 0.4) is 0 Å². The first-order chi connectivity index (χ1) is 9.29. The molecule has 0 fully saturated rings. The summed E-state index contributed by atoms with van der Waals surface area (Å²) in [5, 5.41) is 2.90. The second-order valence-electron chi connectivity index (χ2n) is 4.47. The number of nitrogens with one attached hydrogen (secondary N) is 1. The summed E-state index contributed by atoms with van der Waals surface area (Å²) >= 11 is 0. The Bertz CT molecular complexity index is 520. The van der Waals surface area contributed by atoms with E-state index in [1.54, 1.807) is 6.20 Å². The Morgan fingerprint density at radius 3 is 2.58 bits per heavy atom. The van der Waals surface area contributed by atoms with Crippen molar-refractivity contribution < 1.29 is 4.79 Å². The van der Waals surface area contributed by atoms with E-state index in [2.05, 4.69) is 17.2 Å². The molecule has 0 saturated heterocycles. The van der Waals surface area contributed by atoms with Crippen LogP contribution in [0.2, 0.25) is 0 Å². The molecule has 3 nitrogen and oxygen atoms in total. The molecule has 0 atom stereocenters. The maximum atomic E-state index is 11.6. The number of unbranched alkanes of at least 4 members (excludes halogenated alkanes) is 1. The van der Waals surface area contributed by atoms with Crippen molar-refractivity contribution in [3.8, 4) is 11.1 Å². The molecule has 1 amide bonds. The van der Waals surface area contributed by atoms with Crippen LogP contribution < -0.4 is 5.32 Å². The molecule has 2 rings (SSSR count). The number of pyridine rings is 1. The van der Waals surface area contributed by atoms with Crippen LogP contribution in [0, 0.1) is 0 Å². The zero-order chi connectivity index (χ0) is 13.5. The van der Waals surface area contributed by atoms with Crippen molar-refractivity contribution >= 4 is 11.6 Å². The summed E-state index contributed by atoms with van der Waals surface area (Å²) in [4.78, 5) is 15.7. The molecule has 2 aromatic rings. The van der Waals surface area contributed by atoms with Gasteiger partial charge in [-0.1, -0.05) is 31.5 Å². The van der Waals surface area contributed by atoms with E-state index in [0.717, 1.165) is 29.7 Å². The van der Waals surface area contributed by atoms with Gasteiger partial charge in [-0.25, -0.2) is 0 Å². The van der Waals surface area contributed by atoms with Crippen LogP contribution in [-0.4, -0.2) is 10.9 Å². The molecule has 0 aliphatic heterocycles. The van der Waals surface area contributed by atoms with E-state index in [9.17, 15) is 4.79 Å². The molecule has 0 aliphatic carbocycles. The molecule has 1 N–H and O–H groups in total. The summed E-state index contributed by atoms with van der Waals surface area (Å²) in [5.74, 6) is 0.0796. The van der Waals surface area contributed by atoms with Crippen LogP contribution in [0.1, 0.15) is 26.2 Å². The minimum atomic E-state index is 0.0796. The van der Waals surface area contributed by atoms with Crippen LogP contribution in [0.25, 0.3) is 11.1 Å². The van der Waals surface area contributed by atoms with Crippen molar-refractivity contribution in [2.75, 3.05) is 5.32 Å². The third-order valence-electron chi connectivity index (χ3n) is 2.92. The fraction of sp³-hybridized carbons (Fsp3) is 0.250. The van der Waals surface area contributed by atoms with Gasteiger partial charge in [0.05, 0.1) is 0 Å². The summed E-state index contributed by atoms with van der Waals surface area (Å²) in [5.41, 5.74) is 3.01. The first-order valence-electron chi connectivity index (χ1n) is 6.60. The molecular formula is C16H18N2O. The Balaban J connectivity index is 2.01. The van der Waals surface area contributed by atoms with Crippen LogP contribution >= 0.6 is 0 Å². The second-order valence-corrected chi connectivity index (χ2v) is 4.47. The van der Waals surface area contributed by atoms with Crippen LogP contribution in [-0.2, 0) is 4.79 Å². The van der Waals surface area contributed by atoms with Crippen molar-refractivity contribution in [1.82, 2.24) is 4.98 Å². The van der Waals surface area contributed by atoms with Gasteiger partial charge >= 0.3 is 0 Å². The number of hydrogen-bond donors (Lipinski definition) is 1. The summed E-state index contributed by atoms with van der Waals surface area (Å²) in [6.45, 7) is 2.08. The fourth-order valence-electron chi connectivity index (χ4n) is 1.84. The van der Waals surface area contributed by atoms with Crippen LogP contribution in [0.15, 0.2) is 48.8 Å². The van der Waals surface area contributed by atoms with E-state index in [1.807, 2.05) is 42.6 Å². The molecular weight excluding hydrogens is 236 g/mol. The van der Waals surface area contributed by atoms with Crippen molar-refractivity contribution in [2.45, 2.75) is 26.2 Å².